The van der Waals surface area contributed by atoms with Crippen LogP contribution in [0.15, 0.2) is 41.8 Å². The molecule has 6 heteroatoms. The molecule has 0 saturated heterocycles. The van der Waals surface area contributed by atoms with E-state index < -0.39 is 0 Å². The molecule has 0 spiro atoms. The lowest BCUT2D eigenvalue weighted by Gasteiger charge is -2.10. The van der Waals surface area contributed by atoms with Gasteiger partial charge in [0.05, 0.1) is 16.3 Å². The number of hydrogen-bond donors (Lipinski definition) is 1. The quantitative estimate of drug-likeness (QED) is 0.632. The van der Waals surface area contributed by atoms with Gasteiger partial charge in [0, 0.05) is 29.6 Å². The number of hydrazone groups is 1. The monoisotopic (exact) mass is 349 g/mol. The molecular formula is C17H17Cl2N3O. The van der Waals surface area contributed by atoms with Gasteiger partial charge in [0.1, 0.15) is 0 Å². The fourth-order valence-corrected chi connectivity index (χ4v) is 3.10. The lowest BCUT2D eigenvalue weighted by atomic mass is 10.2. The number of carbonyl (C=O) groups excluding carboxylic acids is 1. The van der Waals surface area contributed by atoms with Crippen molar-refractivity contribution in [1.82, 2.24) is 9.99 Å². The molecule has 23 heavy (non-hydrogen) atoms. The Kier molecular flexibility index (Phi) is 5.03. The minimum atomic E-state index is -0.324. The van der Waals surface area contributed by atoms with E-state index in [1.54, 1.807) is 18.3 Å². The molecule has 1 heterocycles. The number of hydrogen-bond acceptors (Lipinski definition) is 2. The second-order valence-corrected chi connectivity index (χ2v) is 6.47. The van der Waals surface area contributed by atoms with Crippen LogP contribution < -0.4 is 5.43 Å². The van der Waals surface area contributed by atoms with Crippen LogP contribution in [-0.4, -0.2) is 16.7 Å². The van der Waals surface area contributed by atoms with Gasteiger partial charge in [-0.25, -0.2) is 5.43 Å². The van der Waals surface area contributed by atoms with E-state index in [0.29, 0.717) is 21.7 Å². The summed E-state index contributed by atoms with van der Waals surface area (Å²) >= 11 is 11.7. The van der Waals surface area contributed by atoms with Crippen molar-refractivity contribution in [1.29, 1.82) is 0 Å². The van der Waals surface area contributed by atoms with Gasteiger partial charge in [-0.2, -0.15) is 5.10 Å². The molecule has 1 aliphatic rings. The van der Waals surface area contributed by atoms with E-state index in [1.807, 2.05) is 6.07 Å². The Bertz CT molecular complexity index is 733. The lowest BCUT2D eigenvalue weighted by Crippen LogP contribution is -2.17. The van der Waals surface area contributed by atoms with Crippen LogP contribution in [0.1, 0.15) is 47.6 Å². The van der Waals surface area contributed by atoms with E-state index in [4.69, 9.17) is 23.2 Å². The highest BCUT2D eigenvalue weighted by Gasteiger charge is 2.15. The number of nitrogens with zero attached hydrogens (tertiary/aromatic N) is 2. The first-order chi connectivity index (χ1) is 11.1. The lowest BCUT2D eigenvalue weighted by molar-refractivity contribution is 0.0955. The van der Waals surface area contributed by atoms with Crippen LogP contribution in [0.2, 0.25) is 10.0 Å². The molecule has 0 atom stereocenters. The molecule has 4 nitrogen and oxygen atoms in total. The standard InChI is InChI=1S/C17H17Cl2N3O/c18-15-6-5-13(9-16(15)19)17(23)21-20-10-12-7-8-22(11-12)14-3-1-2-4-14/h5-11,14H,1-4H2,(H,21,23)/b20-10-. The summed E-state index contributed by atoms with van der Waals surface area (Å²) in [5, 5.41) is 4.76. The fraction of sp³-hybridized carbons (Fsp3) is 0.294. The number of halogens is 2. The molecular weight excluding hydrogens is 333 g/mol. The molecule has 1 fully saturated rings. The first kappa shape index (κ1) is 16.1. The number of carbonyl (C=O) groups is 1. The van der Waals surface area contributed by atoms with Crippen LogP contribution in [0.5, 0.6) is 0 Å². The van der Waals surface area contributed by atoms with Gasteiger partial charge in [0.15, 0.2) is 0 Å². The Morgan fingerprint density at radius 2 is 2.00 bits per heavy atom. The Morgan fingerprint density at radius 3 is 2.74 bits per heavy atom. The highest BCUT2D eigenvalue weighted by atomic mass is 35.5. The first-order valence-electron chi connectivity index (χ1n) is 7.59. The summed E-state index contributed by atoms with van der Waals surface area (Å²) < 4.78 is 2.23. The summed E-state index contributed by atoms with van der Waals surface area (Å²) in [7, 11) is 0. The number of aromatic nitrogens is 1. The third kappa shape index (κ3) is 3.95. The molecule has 1 saturated carbocycles. The van der Waals surface area contributed by atoms with Gasteiger partial charge in [-0.3, -0.25) is 4.79 Å². The zero-order valence-electron chi connectivity index (χ0n) is 12.5. The molecule has 0 aliphatic heterocycles. The van der Waals surface area contributed by atoms with Crippen molar-refractivity contribution in [2.24, 2.45) is 5.10 Å². The van der Waals surface area contributed by atoms with E-state index in [1.165, 1.54) is 31.7 Å². The maximum atomic E-state index is 12.0. The molecule has 1 amide bonds. The van der Waals surface area contributed by atoms with Crippen LogP contribution in [0.3, 0.4) is 0 Å². The predicted molar refractivity (Wildman–Crippen MR) is 93.5 cm³/mol. The summed E-state index contributed by atoms with van der Waals surface area (Å²) in [5.41, 5.74) is 3.87. The second kappa shape index (κ2) is 7.20. The first-order valence-corrected chi connectivity index (χ1v) is 8.35. The van der Waals surface area contributed by atoms with Gasteiger partial charge in [-0.05, 0) is 37.1 Å². The minimum absolute atomic E-state index is 0.324. The molecule has 0 unspecified atom stereocenters. The zero-order valence-corrected chi connectivity index (χ0v) is 14.0. The van der Waals surface area contributed by atoms with E-state index in [2.05, 4.69) is 27.5 Å². The Hall–Kier alpha value is -1.78. The smallest absolute Gasteiger partial charge is 0.271 e. The van der Waals surface area contributed by atoms with Crippen molar-refractivity contribution in [3.8, 4) is 0 Å². The maximum absolute atomic E-state index is 12.0. The molecule has 3 rings (SSSR count). The average Bonchev–Trinajstić information content (AvgIpc) is 3.20. The zero-order chi connectivity index (χ0) is 16.2. The summed E-state index contributed by atoms with van der Waals surface area (Å²) in [4.78, 5) is 12.0. The Morgan fingerprint density at radius 1 is 1.22 bits per heavy atom. The predicted octanol–water partition coefficient (Wildman–Crippen LogP) is 4.67. The average molecular weight is 350 g/mol. The van der Waals surface area contributed by atoms with Crippen LogP contribution >= 0.6 is 23.2 Å². The summed E-state index contributed by atoms with van der Waals surface area (Å²) in [6, 6.07) is 7.31. The van der Waals surface area contributed by atoms with Gasteiger partial charge >= 0.3 is 0 Å². The third-order valence-electron chi connectivity index (χ3n) is 4.05. The summed E-state index contributed by atoms with van der Waals surface area (Å²) in [6.07, 6.45) is 10.8. The number of amides is 1. The Labute approximate surface area is 145 Å². The van der Waals surface area contributed by atoms with Crippen molar-refractivity contribution in [2.45, 2.75) is 31.7 Å². The number of benzene rings is 1. The largest absolute Gasteiger partial charge is 0.351 e. The molecule has 120 valence electrons. The Balaban J connectivity index is 1.59. The van der Waals surface area contributed by atoms with E-state index >= 15 is 0 Å². The molecule has 0 radical (unpaired) electrons. The van der Waals surface area contributed by atoms with E-state index in [9.17, 15) is 4.79 Å². The second-order valence-electron chi connectivity index (χ2n) is 5.66. The van der Waals surface area contributed by atoms with Crippen molar-refractivity contribution < 1.29 is 4.79 Å². The molecule has 1 N–H and O–H groups in total. The molecule has 1 aromatic carbocycles. The van der Waals surface area contributed by atoms with Gasteiger partial charge in [0.2, 0.25) is 0 Å². The number of nitrogens with one attached hydrogen (secondary N) is 1. The van der Waals surface area contributed by atoms with Crippen molar-refractivity contribution in [2.75, 3.05) is 0 Å². The van der Waals surface area contributed by atoms with Crippen LogP contribution in [0, 0.1) is 0 Å². The SMILES string of the molecule is O=C(N/N=C\c1ccn(C2CCCC2)c1)c1ccc(Cl)c(Cl)c1. The summed E-state index contributed by atoms with van der Waals surface area (Å²) in [5.74, 6) is -0.324. The van der Waals surface area contributed by atoms with Gasteiger partial charge in [-0.1, -0.05) is 36.0 Å². The van der Waals surface area contributed by atoms with Gasteiger partial charge < -0.3 is 4.57 Å². The van der Waals surface area contributed by atoms with Crippen molar-refractivity contribution in [3.63, 3.8) is 0 Å². The van der Waals surface area contributed by atoms with E-state index in [-0.39, 0.29) is 5.91 Å². The van der Waals surface area contributed by atoms with Crippen LogP contribution in [-0.2, 0) is 0 Å². The third-order valence-corrected chi connectivity index (χ3v) is 4.78. The highest BCUT2D eigenvalue weighted by molar-refractivity contribution is 6.42. The molecule has 0 bridgehead atoms. The van der Waals surface area contributed by atoms with Crippen molar-refractivity contribution >= 4 is 35.3 Å². The number of rotatable bonds is 4. The highest BCUT2D eigenvalue weighted by Crippen LogP contribution is 2.29. The van der Waals surface area contributed by atoms with Crippen LogP contribution in [0.25, 0.3) is 0 Å². The fourth-order valence-electron chi connectivity index (χ4n) is 2.80. The molecule has 2 aromatic rings. The molecule has 1 aromatic heterocycles. The van der Waals surface area contributed by atoms with Gasteiger partial charge in [0.25, 0.3) is 5.91 Å². The molecule has 1 aliphatic carbocycles. The normalized spacial score (nSPS) is 15.4. The van der Waals surface area contributed by atoms with Gasteiger partial charge in [-0.15, -0.1) is 0 Å². The van der Waals surface area contributed by atoms with Crippen LogP contribution in [0.4, 0.5) is 0 Å². The summed E-state index contributed by atoms with van der Waals surface area (Å²) in [6.45, 7) is 0. The minimum Gasteiger partial charge on any atom is -0.351 e. The van der Waals surface area contributed by atoms with E-state index in [0.717, 1.165) is 5.56 Å². The maximum Gasteiger partial charge on any atom is 0.271 e. The van der Waals surface area contributed by atoms with Crippen molar-refractivity contribution in [3.05, 3.63) is 57.8 Å². The topological polar surface area (TPSA) is 46.4 Å².